The topological polar surface area (TPSA) is 66.3 Å². The largest absolute Gasteiger partial charge is 1.00 e. The summed E-state index contributed by atoms with van der Waals surface area (Å²) in [6.45, 7) is -1.37. The maximum absolute atomic E-state index is 11.9. The van der Waals surface area contributed by atoms with E-state index in [1.54, 1.807) is 0 Å². The zero-order chi connectivity index (χ0) is 13.6. The van der Waals surface area contributed by atoms with Crippen molar-refractivity contribution in [2.45, 2.75) is 12.7 Å². The van der Waals surface area contributed by atoms with E-state index in [9.17, 15) is 18.0 Å². The van der Waals surface area contributed by atoms with Crippen LogP contribution >= 0.6 is 0 Å². The SMILES string of the molecule is N=CN([C-]=O)Cc1ccc(OCC(F)(F)F)cn1.[Na+]. The average molecular weight is 283 g/mol. The van der Waals surface area contributed by atoms with Crippen molar-refractivity contribution < 1.29 is 52.3 Å². The van der Waals surface area contributed by atoms with E-state index in [-0.39, 0.29) is 41.9 Å². The molecule has 1 N–H and O–H groups in total. The Morgan fingerprint density at radius 1 is 1.47 bits per heavy atom. The van der Waals surface area contributed by atoms with E-state index < -0.39 is 12.8 Å². The molecule has 1 amide bonds. The number of alkyl halides is 3. The van der Waals surface area contributed by atoms with Crippen molar-refractivity contribution in [1.82, 2.24) is 9.88 Å². The smallest absolute Gasteiger partial charge is 0.483 e. The van der Waals surface area contributed by atoms with Gasteiger partial charge in [0.15, 0.2) is 6.61 Å². The zero-order valence-electron chi connectivity index (χ0n) is 10.1. The summed E-state index contributed by atoms with van der Waals surface area (Å²) in [6.07, 6.45) is -1.03. The number of carbonyl (C=O) groups excluding carboxylic acids is 1. The van der Waals surface area contributed by atoms with Crippen LogP contribution in [0.5, 0.6) is 5.75 Å². The molecule has 0 saturated heterocycles. The molecule has 0 unspecified atom stereocenters. The number of nitrogens with zero attached hydrogens (tertiary/aromatic N) is 2. The van der Waals surface area contributed by atoms with Gasteiger partial charge in [-0.1, -0.05) is 6.34 Å². The van der Waals surface area contributed by atoms with Crippen LogP contribution in [0, 0.1) is 5.41 Å². The van der Waals surface area contributed by atoms with Gasteiger partial charge in [0.05, 0.1) is 18.3 Å². The summed E-state index contributed by atoms with van der Waals surface area (Å²) < 4.78 is 40.1. The summed E-state index contributed by atoms with van der Waals surface area (Å²) in [5.41, 5.74) is 0.404. The first-order valence-corrected chi connectivity index (χ1v) is 4.74. The number of halogens is 3. The van der Waals surface area contributed by atoms with E-state index in [1.165, 1.54) is 18.5 Å². The van der Waals surface area contributed by atoms with Gasteiger partial charge in [-0.3, -0.25) is 4.98 Å². The molecule has 1 heterocycles. The fraction of sp³-hybridized carbons (Fsp3) is 0.300. The number of ether oxygens (including phenoxy) is 1. The van der Waals surface area contributed by atoms with Crippen LogP contribution in [0.1, 0.15) is 5.69 Å². The summed E-state index contributed by atoms with van der Waals surface area (Å²) in [4.78, 5) is 15.0. The number of nitrogens with one attached hydrogen (secondary N) is 1. The Balaban J connectivity index is 0.00000324. The van der Waals surface area contributed by atoms with Gasteiger partial charge in [-0.15, -0.1) is 0 Å². The Morgan fingerprint density at radius 3 is 2.58 bits per heavy atom. The summed E-state index contributed by atoms with van der Waals surface area (Å²) in [7, 11) is 0. The molecule has 0 radical (unpaired) electrons. The second-order valence-corrected chi connectivity index (χ2v) is 3.24. The molecule has 0 aromatic carbocycles. The summed E-state index contributed by atoms with van der Waals surface area (Å²) >= 11 is 0. The Labute approximate surface area is 129 Å². The number of pyridine rings is 1. The number of rotatable bonds is 6. The van der Waals surface area contributed by atoms with Crippen molar-refractivity contribution >= 4 is 12.7 Å². The fourth-order valence-electron chi connectivity index (χ4n) is 1.03. The molecular formula is C10H9F3N3NaO2. The Kier molecular flexibility index (Phi) is 7.65. The van der Waals surface area contributed by atoms with E-state index in [0.717, 1.165) is 17.4 Å². The third-order valence-electron chi connectivity index (χ3n) is 1.81. The number of hydrogen-bond acceptors (Lipinski definition) is 4. The van der Waals surface area contributed by atoms with Gasteiger partial charge in [0, 0.05) is 6.54 Å². The van der Waals surface area contributed by atoms with Crippen molar-refractivity contribution in [2.24, 2.45) is 0 Å². The van der Waals surface area contributed by atoms with Gasteiger partial charge >= 0.3 is 35.7 Å². The summed E-state index contributed by atoms with van der Waals surface area (Å²) in [5.74, 6) is -0.0208. The van der Waals surface area contributed by atoms with Crippen molar-refractivity contribution in [3.8, 4) is 5.75 Å². The van der Waals surface area contributed by atoms with Crippen LogP contribution in [0.3, 0.4) is 0 Å². The minimum absolute atomic E-state index is 0. The molecule has 0 aliphatic rings. The summed E-state index contributed by atoms with van der Waals surface area (Å²) in [6, 6.07) is 2.71. The van der Waals surface area contributed by atoms with E-state index in [4.69, 9.17) is 5.41 Å². The molecule has 0 saturated carbocycles. The van der Waals surface area contributed by atoms with Crippen molar-refractivity contribution in [1.29, 1.82) is 5.41 Å². The predicted molar refractivity (Wildman–Crippen MR) is 55.8 cm³/mol. The first kappa shape index (κ1) is 17.9. The van der Waals surface area contributed by atoms with E-state index in [0.29, 0.717) is 5.69 Å². The molecule has 1 aromatic rings. The van der Waals surface area contributed by atoms with Crippen LogP contribution in [0.2, 0.25) is 0 Å². The maximum Gasteiger partial charge on any atom is 1.00 e. The van der Waals surface area contributed by atoms with Gasteiger partial charge in [-0.25, -0.2) is 0 Å². The minimum Gasteiger partial charge on any atom is -0.483 e. The first-order chi connectivity index (χ1) is 8.44. The molecular weight excluding hydrogens is 274 g/mol. The fourth-order valence-corrected chi connectivity index (χ4v) is 1.03. The molecule has 1 aromatic heterocycles. The molecule has 98 valence electrons. The number of amides is 1. The van der Waals surface area contributed by atoms with Crippen molar-refractivity contribution in [3.63, 3.8) is 0 Å². The van der Waals surface area contributed by atoms with E-state index in [1.807, 2.05) is 0 Å². The second-order valence-electron chi connectivity index (χ2n) is 3.24. The Bertz CT molecular complexity index is 403. The molecule has 19 heavy (non-hydrogen) atoms. The van der Waals surface area contributed by atoms with Crippen LogP contribution in [0.15, 0.2) is 18.3 Å². The van der Waals surface area contributed by atoms with Crippen LogP contribution in [0.4, 0.5) is 13.2 Å². The van der Waals surface area contributed by atoms with Gasteiger partial charge in [0.25, 0.3) is 0 Å². The van der Waals surface area contributed by atoms with Gasteiger partial charge < -0.3 is 19.8 Å². The molecule has 0 aliphatic carbocycles. The van der Waals surface area contributed by atoms with Crippen LogP contribution < -0.4 is 34.3 Å². The molecule has 0 spiro atoms. The Hall–Kier alpha value is -1.12. The molecule has 9 heteroatoms. The maximum atomic E-state index is 11.9. The van der Waals surface area contributed by atoms with Crippen molar-refractivity contribution in [2.75, 3.05) is 6.61 Å². The molecule has 0 aliphatic heterocycles. The van der Waals surface area contributed by atoms with Crippen LogP contribution in [0.25, 0.3) is 0 Å². The first-order valence-electron chi connectivity index (χ1n) is 4.74. The van der Waals surface area contributed by atoms with Gasteiger partial charge in [0.2, 0.25) is 0 Å². The summed E-state index contributed by atoms with van der Waals surface area (Å²) in [5, 5.41) is 6.85. The molecule has 0 bridgehead atoms. The third-order valence-corrected chi connectivity index (χ3v) is 1.81. The molecule has 0 fully saturated rings. The standard InChI is InChI=1S/C10H9F3N3O2.Na/c11-10(12,13)5-18-9-2-1-8(15-3-9)4-16(6-14)7-17;/h1-3,6,14H,4-5H2;/q-1;+1. The monoisotopic (exact) mass is 283 g/mol. The average Bonchev–Trinajstić information content (AvgIpc) is 2.34. The van der Waals surface area contributed by atoms with E-state index in [2.05, 4.69) is 9.72 Å². The molecule has 5 nitrogen and oxygen atoms in total. The van der Waals surface area contributed by atoms with Crippen LogP contribution in [-0.2, 0) is 11.3 Å². The molecule has 0 atom stereocenters. The van der Waals surface area contributed by atoms with Gasteiger partial charge in [0.1, 0.15) is 5.75 Å². The van der Waals surface area contributed by atoms with Crippen molar-refractivity contribution in [3.05, 3.63) is 24.0 Å². The number of hydrogen-bond donors (Lipinski definition) is 1. The quantitative estimate of drug-likeness (QED) is 0.227. The Morgan fingerprint density at radius 2 is 2.16 bits per heavy atom. The predicted octanol–water partition coefficient (Wildman–Crippen LogP) is -1.50. The van der Waals surface area contributed by atoms with Crippen LogP contribution in [-0.4, -0.2) is 35.4 Å². The molecule has 1 rings (SSSR count). The number of aromatic nitrogens is 1. The zero-order valence-corrected chi connectivity index (χ0v) is 12.1. The van der Waals surface area contributed by atoms with E-state index >= 15 is 0 Å². The van der Waals surface area contributed by atoms with Gasteiger partial charge in [-0.05, 0) is 12.1 Å². The second kappa shape index (κ2) is 8.13. The third kappa shape index (κ3) is 7.14. The normalized spacial score (nSPS) is 10.3. The minimum atomic E-state index is -4.40. The van der Waals surface area contributed by atoms with Gasteiger partial charge in [-0.2, -0.15) is 13.2 Å².